The summed E-state index contributed by atoms with van der Waals surface area (Å²) in [6.07, 6.45) is 3.92. The molecule has 6 heteroatoms. The number of carbonyl (C=O) groups is 2. The molecule has 108 valence electrons. The fourth-order valence-corrected chi connectivity index (χ4v) is 3.30. The zero-order valence-electron chi connectivity index (χ0n) is 11.4. The summed E-state index contributed by atoms with van der Waals surface area (Å²) in [5.74, 6) is -1.03. The number of hydrogen-bond acceptors (Lipinski definition) is 3. The van der Waals surface area contributed by atoms with Gasteiger partial charge in [-0.1, -0.05) is 0 Å². The summed E-state index contributed by atoms with van der Waals surface area (Å²) in [6, 6.07) is 0. The van der Waals surface area contributed by atoms with Gasteiger partial charge in [-0.05, 0) is 18.9 Å². The number of fused-ring (bicyclic) bond motifs is 1. The van der Waals surface area contributed by atoms with E-state index < -0.39 is 11.4 Å². The molecule has 1 amide bonds. The molecule has 0 saturated carbocycles. The second-order valence-electron chi connectivity index (χ2n) is 5.72. The Labute approximate surface area is 116 Å². The molecular formula is C14H18N2O4. The first-order valence-electron chi connectivity index (χ1n) is 6.78. The molecule has 0 radical (unpaired) electrons. The number of aliphatic carboxylic acids is 1. The summed E-state index contributed by atoms with van der Waals surface area (Å²) in [5.41, 5.74) is 0.661. The van der Waals surface area contributed by atoms with Gasteiger partial charge < -0.3 is 19.7 Å². The molecule has 3 rings (SSSR count). The summed E-state index contributed by atoms with van der Waals surface area (Å²) in [6.45, 7) is 3.47. The van der Waals surface area contributed by atoms with E-state index in [4.69, 9.17) is 4.74 Å². The topological polar surface area (TPSA) is 82.6 Å². The van der Waals surface area contributed by atoms with Crippen LogP contribution < -0.4 is 0 Å². The Morgan fingerprint density at radius 1 is 1.50 bits per heavy atom. The minimum Gasteiger partial charge on any atom is -0.481 e. The lowest BCUT2D eigenvalue weighted by Gasteiger charge is -2.33. The molecule has 2 aliphatic heterocycles. The quantitative estimate of drug-likeness (QED) is 0.841. The predicted octanol–water partition coefficient (Wildman–Crippen LogP) is 0.886. The molecule has 6 nitrogen and oxygen atoms in total. The van der Waals surface area contributed by atoms with Crippen LogP contribution in [0.4, 0.5) is 0 Å². The highest BCUT2D eigenvalue weighted by molar-refractivity contribution is 5.96. The molecule has 0 unspecified atom stereocenters. The van der Waals surface area contributed by atoms with Crippen molar-refractivity contribution in [1.82, 2.24) is 9.88 Å². The third-order valence-corrected chi connectivity index (χ3v) is 4.60. The predicted molar refractivity (Wildman–Crippen MR) is 70.4 cm³/mol. The highest BCUT2D eigenvalue weighted by atomic mass is 16.5. The summed E-state index contributed by atoms with van der Waals surface area (Å²) in [7, 11) is 0. The summed E-state index contributed by atoms with van der Waals surface area (Å²) < 4.78 is 5.39. The number of ether oxygens (including phenoxy) is 1. The van der Waals surface area contributed by atoms with Crippen LogP contribution in [0.25, 0.3) is 0 Å². The molecule has 0 bridgehead atoms. The first-order chi connectivity index (χ1) is 9.54. The molecule has 2 saturated heterocycles. The van der Waals surface area contributed by atoms with Crippen molar-refractivity contribution in [1.29, 1.82) is 0 Å². The average Bonchev–Trinajstić information content (AvgIpc) is 3.01. The zero-order chi connectivity index (χ0) is 14.3. The van der Waals surface area contributed by atoms with Gasteiger partial charge in [-0.2, -0.15) is 0 Å². The van der Waals surface area contributed by atoms with Crippen molar-refractivity contribution in [3.05, 3.63) is 23.5 Å². The van der Waals surface area contributed by atoms with E-state index in [0.29, 0.717) is 31.7 Å². The standard InChI is InChI=1S/C14H18N2O4/c1-9-4-15-5-11(9)12(17)16-6-10-7-20-3-2-14(10,8-16)13(18)19/h4-5,10,15H,2-3,6-8H2,1H3,(H,18,19)/t10-,14+/m0/s1. The number of carbonyl (C=O) groups excluding carboxylic acids is 1. The monoisotopic (exact) mass is 278 g/mol. The second-order valence-corrected chi connectivity index (χ2v) is 5.72. The number of nitrogens with one attached hydrogen (secondary N) is 1. The molecule has 20 heavy (non-hydrogen) atoms. The van der Waals surface area contributed by atoms with Crippen LogP contribution in [0.5, 0.6) is 0 Å². The van der Waals surface area contributed by atoms with Crippen LogP contribution in [0.15, 0.2) is 12.4 Å². The number of aromatic nitrogens is 1. The van der Waals surface area contributed by atoms with Gasteiger partial charge in [0, 0.05) is 38.0 Å². The van der Waals surface area contributed by atoms with Gasteiger partial charge in [0.15, 0.2) is 0 Å². The van der Waals surface area contributed by atoms with E-state index in [1.165, 1.54) is 0 Å². The number of aryl methyl sites for hydroxylation is 1. The van der Waals surface area contributed by atoms with Crippen molar-refractivity contribution in [2.45, 2.75) is 13.3 Å². The lowest BCUT2D eigenvalue weighted by molar-refractivity contribution is -0.157. The molecule has 0 aliphatic carbocycles. The van der Waals surface area contributed by atoms with Gasteiger partial charge in [-0.15, -0.1) is 0 Å². The van der Waals surface area contributed by atoms with Gasteiger partial charge >= 0.3 is 5.97 Å². The van der Waals surface area contributed by atoms with Crippen LogP contribution in [0.2, 0.25) is 0 Å². The van der Waals surface area contributed by atoms with E-state index in [9.17, 15) is 14.7 Å². The second kappa shape index (κ2) is 4.63. The molecule has 2 aliphatic rings. The van der Waals surface area contributed by atoms with Crippen LogP contribution in [0, 0.1) is 18.3 Å². The summed E-state index contributed by atoms with van der Waals surface area (Å²) >= 11 is 0. The SMILES string of the molecule is Cc1c[nH]cc1C(=O)N1C[C@H]2COCC[C@@]2(C(=O)O)C1. The van der Waals surface area contributed by atoms with Gasteiger partial charge in [0.2, 0.25) is 0 Å². The number of amides is 1. The Balaban J connectivity index is 1.86. The maximum absolute atomic E-state index is 12.5. The smallest absolute Gasteiger partial charge is 0.311 e. The number of rotatable bonds is 2. The van der Waals surface area contributed by atoms with Crippen LogP contribution >= 0.6 is 0 Å². The van der Waals surface area contributed by atoms with Crippen molar-refractivity contribution in [2.24, 2.45) is 11.3 Å². The minimum atomic E-state index is -0.835. The summed E-state index contributed by atoms with van der Waals surface area (Å²) in [5, 5.41) is 9.58. The van der Waals surface area contributed by atoms with Gasteiger partial charge in [0.25, 0.3) is 5.91 Å². The van der Waals surface area contributed by atoms with Crippen LogP contribution in [0.3, 0.4) is 0 Å². The Bertz CT molecular complexity index is 553. The molecule has 2 atom stereocenters. The highest BCUT2D eigenvalue weighted by Crippen LogP contribution is 2.42. The first-order valence-corrected chi connectivity index (χ1v) is 6.78. The fraction of sp³-hybridized carbons (Fsp3) is 0.571. The normalized spacial score (nSPS) is 29.2. The number of likely N-dealkylation sites (tertiary alicyclic amines) is 1. The number of carboxylic acid groups (broad SMARTS) is 1. The van der Waals surface area contributed by atoms with Gasteiger partial charge in [-0.3, -0.25) is 9.59 Å². The van der Waals surface area contributed by atoms with Gasteiger partial charge in [0.05, 0.1) is 17.6 Å². The molecule has 1 aromatic rings. The highest BCUT2D eigenvalue weighted by Gasteiger charge is 2.55. The number of H-pyrrole nitrogens is 1. The van der Waals surface area contributed by atoms with Crippen LogP contribution in [-0.4, -0.2) is 53.2 Å². The molecular weight excluding hydrogens is 260 g/mol. The van der Waals surface area contributed by atoms with Crippen molar-refractivity contribution >= 4 is 11.9 Å². The molecule has 1 aromatic heterocycles. The Morgan fingerprint density at radius 2 is 2.30 bits per heavy atom. The molecule has 2 fully saturated rings. The number of carboxylic acids is 1. The lowest BCUT2D eigenvalue weighted by atomic mass is 9.74. The first kappa shape index (κ1) is 13.2. The van der Waals surface area contributed by atoms with Gasteiger partial charge in [-0.25, -0.2) is 0 Å². The van der Waals surface area contributed by atoms with Crippen LogP contribution in [-0.2, 0) is 9.53 Å². The number of aromatic amines is 1. The van der Waals surface area contributed by atoms with E-state index in [2.05, 4.69) is 4.98 Å². The maximum Gasteiger partial charge on any atom is 0.311 e. The largest absolute Gasteiger partial charge is 0.481 e. The van der Waals surface area contributed by atoms with Gasteiger partial charge in [0.1, 0.15) is 0 Å². The van der Waals surface area contributed by atoms with Crippen molar-refractivity contribution in [2.75, 3.05) is 26.3 Å². The van der Waals surface area contributed by atoms with Crippen molar-refractivity contribution in [3.8, 4) is 0 Å². The van der Waals surface area contributed by atoms with E-state index in [0.717, 1.165) is 5.56 Å². The van der Waals surface area contributed by atoms with Crippen molar-refractivity contribution in [3.63, 3.8) is 0 Å². The molecule has 0 spiro atoms. The lowest BCUT2D eigenvalue weighted by Crippen LogP contribution is -2.45. The molecule has 0 aromatic carbocycles. The van der Waals surface area contributed by atoms with Crippen LogP contribution in [0.1, 0.15) is 22.3 Å². The molecule has 3 heterocycles. The third-order valence-electron chi connectivity index (χ3n) is 4.60. The zero-order valence-corrected chi connectivity index (χ0v) is 11.4. The molecule has 2 N–H and O–H groups in total. The third kappa shape index (κ3) is 1.83. The fourth-order valence-electron chi connectivity index (χ4n) is 3.30. The maximum atomic E-state index is 12.5. The Morgan fingerprint density at radius 3 is 2.90 bits per heavy atom. The van der Waals surface area contributed by atoms with E-state index in [1.807, 2.05) is 6.92 Å². The number of hydrogen-bond donors (Lipinski definition) is 2. The Kier molecular flexibility index (Phi) is 3.05. The number of nitrogens with zero attached hydrogens (tertiary/aromatic N) is 1. The van der Waals surface area contributed by atoms with E-state index >= 15 is 0 Å². The summed E-state index contributed by atoms with van der Waals surface area (Å²) in [4.78, 5) is 28.8. The Hall–Kier alpha value is -1.82. The van der Waals surface area contributed by atoms with Crippen molar-refractivity contribution < 1.29 is 19.4 Å². The van der Waals surface area contributed by atoms with E-state index in [-0.39, 0.29) is 18.4 Å². The van der Waals surface area contributed by atoms with E-state index in [1.54, 1.807) is 17.3 Å². The average molecular weight is 278 g/mol. The minimum absolute atomic E-state index is 0.0984.